The fraction of sp³-hybridized carbons (Fsp3) is 0.778. The average Bonchev–Trinajstić information content (AvgIpc) is 1.87. The summed E-state index contributed by atoms with van der Waals surface area (Å²) < 4.78 is 5.69. The Bertz CT molecular complexity index is 146. The van der Waals surface area contributed by atoms with Gasteiger partial charge in [-0.2, -0.15) is 0 Å². The Morgan fingerprint density at radius 1 is 1.55 bits per heavy atom. The topological polar surface area (TPSA) is 9.23 Å². The zero-order valence-electron chi connectivity index (χ0n) is 7.90. The second-order valence-corrected chi connectivity index (χ2v) is 5.32. The van der Waals surface area contributed by atoms with Crippen LogP contribution in [0.3, 0.4) is 0 Å². The molecule has 0 N–H and O–H groups in total. The predicted octanol–water partition coefficient (Wildman–Crippen LogP) is 2.45. The van der Waals surface area contributed by atoms with Gasteiger partial charge in [-0.1, -0.05) is 19.3 Å². The molecule has 11 heavy (non-hydrogen) atoms. The van der Waals surface area contributed by atoms with Crippen LogP contribution >= 0.6 is 0 Å². The van der Waals surface area contributed by atoms with E-state index in [0.717, 1.165) is 0 Å². The van der Waals surface area contributed by atoms with Gasteiger partial charge in [-0.3, -0.25) is 0 Å². The van der Waals surface area contributed by atoms with Gasteiger partial charge in [0.15, 0.2) is 0 Å². The maximum atomic E-state index is 5.69. The van der Waals surface area contributed by atoms with E-state index in [0.29, 0.717) is 0 Å². The van der Waals surface area contributed by atoms with Gasteiger partial charge in [-0.15, -0.1) is 6.42 Å². The minimum atomic E-state index is -0.652. The smallest absolute Gasteiger partial charge is 0.210 e. The van der Waals surface area contributed by atoms with E-state index in [1.54, 1.807) is 0 Å². The number of hydrogen-bond acceptors (Lipinski definition) is 1. The van der Waals surface area contributed by atoms with Gasteiger partial charge in [0.1, 0.15) is 5.60 Å². The lowest BCUT2D eigenvalue weighted by molar-refractivity contribution is 0.172. The van der Waals surface area contributed by atoms with Gasteiger partial charge >= 0.3 is 0 Å². The molecular formula is C9H17OSi. The highest BCUT2D eigenvalue weighted by Crippen LogP contribution is 2.11. The van der Waals surface area contributed by atoms with E-state index >= 15 is 0 Å². The van der Waals surface area contributed by atoms with Gasteiger partial charge in [0.05, 0.1) is 0 Å². The van der Waals surface area contributed by atoms with Crippen LogP contribution in [0.1, 0.15) is 27.2 Å². The molecule has 0 unspecified atom stereocenters. The summed E-state index contributed by atoms with van der Waals surface area (Å²) in [5, 5.41) is 0. The van der Waals surface area contributed by atoms with Crippen LogP contribution in [0.5, 0.6) is 0 Å². The first kappa shape index (κ1) is 10.7. The molecule has 0 aromatic rings. The highest BCUT2D eigenvalue weighted by atomic mass is 28.3. The summed E-state index contributed by atoms with van der Waals surface area (Å²) in [5.41, 5.74) is -0.363. The molecule has 63 valence electrons. The maximum absolute atomic E-state index is 5.69. The van der Waals surface area contributed by atoms with Crippen LogP contribution in [0.15, 0.2) is 0 Å². The Morgan fingerprint density at radius 3 is 2.45 bits per heavy atom. The van der Waals surface area contributed by atoms with E-state index in [1.165, 1.54) is 12.5 Å². The normalized spacial score (nSPS) is 11.6. The number of terminal acetylenes is 1. The van der Waals surface area contributed by atoms with Crippen molar-refractivity contribution in [1.82, 2.24) is 0 Å². The SMILES string of the molecule is C#CC(C)(C)O[Si](C)CCC. The second kappa shape index (κ2) is 4.58. The van der Waals surface area contributed by atoms with Gasteiger partial charge in [-0.25, -0.2) is 0 Å². The van der Waals surface area contributed by atoms with Crippen LogP contribution in [-0.4, -0.2) is 14.6 Å². The summed E-state index contributed by atoms with van der Waals surface area (Å²) in [7, 11) is -0.652. The molecule has 0 aromatic heterocycles. The molecule has 0 aliphatic carbocycles. The molecule has 1 radical (unpaired) electrons. The van der Waals surface area contributed by atoms with Gasteiger partial charge in [-0.05, 0) is 26.4 Å². The van der Waals surface area contributed by atoms with Gasteiger partial charge in [0.2, 0.25) is 9.04 Å². The fourth-order valence-electron chi connectivity index (χ4n) is 0.868. The molecule has 0 saturated carbocycles. The summed E-state index contributed by atoms with van der Waals surface area (Å²) in [6.45, 7) is 8.21. The molecule has 0 rings (SSSR count). The third-order valence-electron chi connectivity index (χ3n) is 1.38. The lowest BCUT2D eigenvalue weighted by Gasteiger charge is -2.22. The van der Waals surface area contributed by atoms with Crippen LogP contribution in [0.4, 0.5) is 0 Å². The Labute approximate surface area is 71.9 Å². The molecule has 2 heteroatoms. The average molecular weight is 169 g/mol. The lowest BCUT2D eigenvalue weighted by Crippen LogP contribution is -2.29. The molecule has 0 spiro atoms. The first-order valence-corrected chi connectivity index (χ1v) is 6.12. The summed E-state index contributed by atoms with van der Waals surface area (Å²) in [6, 6.07) is 1.18. The van der Waals surface area contributed by atoms with Crippen molar-refractivity contribution in [2.24, 2.45) is 0 Å². The maximum Gasteiger partial charge on any atom is 0.210 e. The van der Waals surface area contributed by atoms with Crippen molar-refractivity contribution in [3.63, 3.8) is 0 Å². The summed E-state index contributed by atoms with van der Waals surface area (Å²) in [4.78, 5) is 0. The van der Waals surface area contributed by atoms with E-state index in [9.17, 15) is 0 Å². The van der Waals surface area contributed by atoms with E-state index in [4.69, 9.17) is 10.8 Å². The molecular weight excluding hydrogens is 152 g/mol. The van der Waals surface area contributed by atoms with Crippen LogP contribution in [0, 0.1) is 12.3 Å². The van der Waals surface area contributed by atoms with E-state index in [2.05, 4.69) is 19.4 Å². The minimum absolute atomic E-state index is 0.363. The zero-order valence-corrected chi connectivity index (χ0v) is 8.90. The standard InChI is InChI=1S/C9H17OSi/c1-6-8-11(5)10-9(3,4)7-2/h2H,6,8H2,1,3-5H3. The molecule has 0 fully saturated rings. The molecule has 0 heterocycles. The van der Waals surface area contributed by atoms with Crippen LogP contribution < -0.4 is 0 Å². The highest BCUT2D eigenvalue weighted by Gasteiger charge is 2.18. The Balaban J connectivity index is 3.76. The molecule has 1 nitrogen and oxygen atoms in total. The summed E-state index contributed by atoms with van der Waals surface area (Å²) >= 11 is 0. The zero-order chi connectivity index (χ0) is 8.91. The molecule has 0 aromatic carbocycles. The molecule has 0 aliphatic rings. The molecule has 0 aliphatic heterocycles. The third-order valence-corrected chi connectivity index (χ3v) is 3.44. The molecule has 0 atom stereocenters. The lowest BCUT2D eigenvalue weighted by atomic mass is 10.2. The Hall–Kier alpha value is -0.263. The summed E-state index contributed by atoms with van der Waals surface area (Å²) in [5.74, 6) is 2.63. The van der Waals surface area contributed by atoms with Crippen molar-refractivity contribution in [3.05, 3.63) is 0 Å². The van der Waals surface area contributed by atoms with E-state index < -0.39 is 9.04 Å². The number of hydrogen-bond donors (Lipinski definition) is 0. The van der Waals surface area contributed by atoms with Crippen molar-refractivity contribution in [2.75, 3.05) is 0 Å². The monoisotopic (exact) mass is 169 g/mol. The van der Waals surface area contributed by atoms with Crippen molar-refractivity contribution in [1.29, 1.82) is 0 Å². The predicted molar refractivity (Wildman–Crippen MR) is 50.7 cm³/mol. The van der Waals surface area contributed by atoms with Crippen molar-refractivity contribution in [2.45, 2.75) is 45.4 Å². The fourth-order valence-corrected chi connectivity index (χ4v) is 2.60. The van der Waals surface area contributed by atoms with Crippen LogP contribution in [0.25, 0.3) is 0 Å². The summed E-state index contributed by atoms with van der Waals surface area (Å²) in [6.07, 6.45) is 6.48. The number of rotatable bonds is 4. The Kier molecular flexibility index (Phi) is 4.47. The second-order valence-electron chi connectivity index (χ2n) is 3.21. The van der Waals surface area contributed by atoms with E-state index in [-0.39, 0.29) is 5.60 Å². The molecule has 0 bridgehead atoms. The van der Waals surface area contributed by atoms with Gasteiger partial charge in [0, 0.05) is 0 Å². The van der Waals surface area contributed by atoms with Crippen LogP contribution in [0.2, 0.25) is 12.6 Å². The first-order chi connectivity index (χ1) is 5.02. The van der Waals surface area contributed by atoms with Crippen molar-refractivity contribution >= 4 is 9.04 Å². The van der Waals surface area contributed by atoms with Crippen molar-refractivity contribution < 1.29 is 4.43 Å². The molecule has 0 amide bonds. The minimum Gasteiger partial charge on any atom is -0.401 e. The third kappa shape index (κ3) is 5.06. The van der Waals surface area contributed by atoms with Gasteiger partial charge < -0.3 is 4.43 Å². The molecule has 0 saturated heterocycles. The van der Waals surface area contributed by atoms with Crippen molar-refractivity contribution in [3.8, 4) is 12.3 Å². The largest absolute Gasteiger partial charge is 0.401 e. The Morgan fingerprint density at radius 2 is 2.09 bits per heavy atom. The van der Waals surface area contributed by atoms with E-state index in [1.807, 2.05) is 13.8 Å². The highest BCUT2D eigenvalue weighted by molar-refractivity contribution is 6.50. The van der Waals surface area contributed by atoms with Gasteiger partial charge in [0.25, 0.3) is 0 Å². The quantitative estimate of drug-likeness (QED) is 0.464. The van der Waals surface area contributed by atoms with Crippen LogP contribution in [-0.2, 0) is 4.43 Å². The first-order valence-electron chi connectivity index (χ1n) is 4.01.